The molecule has 0 amide bonds. The Balaban J connectivity index is 1.48. The maximum Gasteiger partial charge on any atom is 0.416 e. The average Bonchev–Trinajstić information content (AvgIpc) is 3.08. The van der Waals surface area contributed by atoms with E-state index in [9.17, 15) is 18.4 Å². The van der Waals surface area contributed by atoms with Crippen LogP contribution in [0.5, 0.6) is 0 Å². The number of benzene rings is 1. The number of rotatable bonds is 4. The quantitative estimate of drug-likeness (QED) is 0.570. The molecule has 3 heterocycles. The summed E-state index contributed by atoms with van der Waals surface area (Å²) in [5.74, 6) is 0.160. The summed E-state index contributed by atoms with van der Waals surface area (Å²) in [7, 11) is 0. The first kappa shape index (κ1) is 23.1. The van der Waals surface area contributed by atoms with Gasteiger partial charge < -0.3 is 9.47 Å². The molecule has 1 saturated heterocycles. The van der Waals surface area contributed by atoms with Gasteiger partial charge in [-0.1, -0.05) is 20.8 Å². The molecular weight excluding hydrogens is 429 g/mol. The highest BCUT2D eigenvalue weighted by atomic mass is 19.4. The maximum atomic E-state index is 12.8. The Morgan fingerprint density at radius 1 is 1.03 bits per heavy atom. The largest absolute Gasteiger partial charge is 0.416 e. The molecule has 0 spiro atoms. The molecule has 0 saturated carbocycles. The standard InChI is InChI=1S/C24H27F3N6/c1-23(2,3)16-33-20(12-17-14-29-21(13-28)30-22(17)33)15-31-8-10-32(11-9-31)19-6-4-18(5-7-19)24(25,26)27/h4-7,12,14H,8-11,15-16H2,1-3H3. The summed E-state index contributed by atoms with van der Waals surface area (Å²) in [6.07, 6.45) is -2.62. The lowest BCUT2D eigenvalue weighted by atomic mass is 9.97. The first-order valence-corrected chi connectivity index (χ1v) is 10.9. The molecule has 1 aromatic carbocycles. The van der Waals surface area contributed by atoms with Crippen LogP contribution < -0.4 is 4.90 Å². The van der Waals surface area contributed by atoms with Crippen molar-refractivity contribution >= 4 is 16.7 Å². The maximum absolute atomic E-state index is 12.8. The molecule has 6 nitrogen and oxygen atoms in total. The van der Waals surface area contributed by atoms with Crippen LogP contribution in [0.25, 0.3) is 11.0 Å². The Labute approximate surface area is 191 Å². The molecule has 2 aromatic heterocycles. The van der Waals surface area contributed by atoms with Crippen LogP contribution in [0.2, 0.25) is 0 Å². The molecule has 33 heavy (non-hydrogen) atoms. The number of hydrogen-bond donors (Lipinski definition) is 0. The fourth-order valence-electron chi connectivity index (χ4n) is 4.18. The molecule has 1 fully saturated rings. The Hall–Kier alpha value is -3.12. The Morgan fingerprint density at radius 3 is 2.27 bits per heavy atom. The summed E-state index contributed by atoms with van der Waals surface area (Å²) >= 11 is 0. The van der Waals surface area contributed by atoms with Crippen molar-refractivity contribution < 1.29 is 13.2 Å². The minimum Gasteiger partial charge on any atom is -0.369 e. The molecule has 0 aliphatic carbocycles. The lowest BCUT2D eigenvalue weighted by molar-refractivity contribution is -0.137. The fraction of sp³-hybridized carbons (Fsp3) is 0.458. The SMILES string of the molecule is CC(C)(C)Cn1c(CN2CCN(c3ccc(C(F)(F)F)cc3)CC2)cc2cnc(C#N)nc21. The van der Waals surface area contributed by atoms with Gasteiger partial charge in [0.1, 0.15) is 11.7 Å². The second-order valence-corrected chi connectivity index (χ2v) is 9.67. The third-order valence-electron chi connectivity index (χ3n) is 5.77. The van der Waals surface area contributed by atoms with Gasteiger partial charge >= 0.3 is 6.18 Å². The van der Waals surface area contributed by atoms with E-state index in [2.05, 4.69) is 51.2 Å². The minimum atomic E-state index is -4.32. The summed E-state index contributed by atoms with van der Waals surface area (Å²) < 4.78 is 40.7. The molecule has 0 bridgehead atoms. The van der Waals surface area contributed by atoms with Gasteiger partial charge in [0.15, 0.2) is 0 Å². The van der Waals surface area contributed by atoms with Gasteiger partial charge in [-0.3, -0.25) is 4.90 Å². The lowest BCUT2D eigenvalue weighted by Gasteiger charge is -2.36. The van der Waals surface area contributed by atoms with Gasteiger partial charge in [0.25, 0.3) is 0 Å². The zero-order valence-electron chi connectivity index (χ0n) is 19.0. The third kappa shape index (κ3) is 5.28. The van der Waals surface area contributed by atoms with Crippen molar-refractivity contribution in [2.24, 2.45) is 5.41 Å². The third-order valence-corrected chi connectivity index (χ3v) is 5.77. The number of anilines is 1. The number of fused-ring (bicyclic) bond motifs is 1. The number of piperazine rings is 1. The predicted octanol–water partition coefficient (Wildman–Crippen LogP) is 4.69. The van der Waals surface area contributed by atoms with Crippen molar-refractivity contribution in [3.63, 3.8) is 0 Å². The summed E-state index contributed by atoms with van der Waals surface area (Å²) in [5, 5.41) is 10.1. The average molecular weight is 457 g/mol. The van der Waals surface area contributed by atoms with Gasteiger partial charge in [0.2, 0.25) is 5.82 Å². The summed E-state index contributed by atoms with van der Waals surface area (Å²) in [5.41, 5.74) is 2.10. The number of nitriles is 1. The van der Waals surface area contributed by atoms with Crippen LogP contribution in [-0.2, 0) is 19.3 Å². The van der Waals surface area contributed by atoms with E-state index in [4.69, 9.17) is 0 Å². The highest BCUT2D eigenvalue weighted by Crippen LogP contribution is 2.31. The van der Waals surface area contributed by atoms with E-state index in [1.807, 2.05) is 6.07 Å². The van der Waals surface area contributed by atoms with Gasteiger partial charge in [-0.05, 0) is 35.7 Å². The van der Waals surface area contributed by atoms with Crippen LogP contribution in [0.15, 0.2) is 36.5 Å². The normalized spacial score (nSPS) is 15.7. The molecule has 1 aliphatic heterocycles. The highest BCUT2D eigenvalue weighted by Gasteiger charge is 2.30. The van der Waals surface area contributed by atoms with Crippen LogP contribution in [0.3, 0.4) is 0 Å². The molecule has 0 N–H and O–H groups in total. The van der Waals surface area contributed by atoms with Crippen molar-refractivity contribution in [1.29, 1.82) is 5.26 Å². The van der Waals surface area contributed by atoms with E-state index in [1.165, 1.54) is 0 Å². The van der Waals surface area contributed by atoms with Crippen molar-refractivity contribution in [1.82, 2.24) is 19.4 Å². The topological polar surface area (TPSA) is 61.0 Å². The van der Waals surface area contributed by atoms with Crippen molar-refractivity contribution in [3.05, 3.63) is 53.6 Å². The number of nitrogens with zero attached hydrogens (tertiary/aromatic N) is 6. The Bertz CT molecular complexity index is 1160. The highest BCUT2D eigenvalue weighted by molar-refractivity contribution is 5.77. The van der Waals surface area contributed by atoms with Crippen molar-refractivity contribution in [2.75, 3.05) is 31.1 Å². The molecular formula is C24H27F3N6. The minimum absolute atomic E-state index is 0.0275. The number of alkyl halides is 3. The van der Waals surface area contributed by atoms with Crippen LogP contribution in [0.1, 0.15) is 37.9 Å². The Morgan fingerprint density at radius 2 is 1.70 bits per heavy atom. The van der Waals surface area contributed by atoms with E-state index >= 15 is 0 Å². The lowest BCUT2D eigenvalue weighted by Crippen LogP contribution is -2.46. The number of hydrogen-bond acceptors (Lipinski definition) is 5. The van der Waals surface area contributed by atoms with Crippen LogP contribution >= 0.6 is 0 Å². The summed E-state index contributed by atoms with van der Waals surface area (Å²) in [4.78, 5) is 13.0. The van der Waals surface area contributed by atoms with Gasteiger partial charge in [-0.25, -0.2) is 9.97 Å². The smallest absolute Gasteiger partial charge is 0.369 e. The van der Waals surface area contributed by atoms with Gasteiger partial charge in [-0.2, -0.15) is 18.4 Å². The molecule has 4 rings (SSSR count). The second-order valence-electron chi connectivity index (χ2n) is 9.67. The van der Waals surface area contributed by atoms with Crippen LogP contribution in [-0.4, -0.2) is 45.6 Å². The zero-order valence-corrected chi connectivity index (χ0v) is 19.0. The van der Waals surface area contributed by atoms with Gasteiger partial charge in [0, 0.05) is 62.2 Å². The molecule has 0 radical (unpaired) electrons. The molecule has 1 aliphatic rings. The number of halogens is 3. The molecule has 0 unspecified atom stereocenters. The van der Waals surface area contributed by atoms with Crippen molar-refractivity contribution in [2.45, 2.75) is 40.0 Å². The second kappa shape index (κ2) is 8.67. The van der Waals surface area contributed by atoms with Crippen molar-refractivity contribution in [3.8, 4) is 6.07 Å². The van der Waals surface area contributed by atoms with E-state index in [1.54, 1.807) is 18.3 Å². The van der Waals surface area contributed by atoms with E-state index in [0.29, 0.717) is 0 Å². The molecule has 3 aromatic rings. The van der Waals surface area contributed by atoms with E-state index in [-0.39, 0.29) is 11.2 Å². The zero-order chi connectivity index (χ0) is 23.8. The molecule has 9 heteroatoms. The predicted molar refractivity (Wildman–Crippen MR) is 121 cm³/mol. The van der Waals surface area contributed by atoms with E-state index in [0.717, 1.165) is 73.8 Å². The Kier molecular flexibility index (Phi) is 6.06. The molecule has 0 atom stereocenters. The van der Waals surface area contributed by atoms with E-state index < -0.39 is 11.7 Å². The first-order chi connectivity index (χ1) is 15.5. The van der Waals surface area contributed by atoms with Gasteiger partial charge in [-0.15, -0.1) is 0 Å². The number of aromatic nitrogens is 3. The molecule has 174 valence electrons. The summed E-state index contributed by atoms with van der Waals surface area (Å²) in [6.45, 7) is 11.1. The van der Waals surface area contributed by atoms with Gasteiger partial charge in [0.05, 0.1) is 5.56 Å². The van der Waals surface area contributed by atoms with Crippen LogP contribution in [0, 0.1) is 16.7 Å². The summed E-state index contributed by atoms with van der Waals surface area (Å²) in [6, 6.07) is 9.48. The fourth-order valence-corrected chi connectivity index (χ4v) is 4.18. The first-order valence-electron chi connectivity index (χ1n) is 10.9. The van der Waals surface area contributed by atoms with Crippen LogP contribution in [0.4, 0.5) is 18.9 Å². The monoisotopic (exact) mass is 456 g/mol.